The lowest BCUT2D eigenvalue weighted by Gasteiger charge is -2.19. The van der Waals surface area contributed by atoms with Crippen LogP contribution in [0.25, 0.3) is 0 Å². The van der Waals surface area contributed by atoms with E-state index < -0.39 is 0 Å². The molecule has 1 aliphatic heterocycles. The van der Waals surface area contributed by atoms with E-state index in [1.165, 1.54) is 5.56 Å². The zero-order valence-corrected chi connectivity index (χ0v) is 13.8. The maximum atomic E-state index is 12.8. The Bertz CT molecular complexity index is 739. The van der Waals surface area contributed by atoms with E-state index >= 15 is 0 Å². The predicted octanol–water partition coefficient (Wildman–Crippen LogP) is 3.14. The van der Waals surface area contributed by atoms with Crippen molar-refractivity contribution in [1.82, 2.24) is 0 Å². The van der Waals surface area contributed by atoms with Crippen LogP contribution in [-0.4, -0.2) is 26.7 Å². The zero-order valence-electron chi connectivity index (χ0n) is 13.8. The maximum absolute atomic E-state index is 12.8. The van der Waals surface area contributed by atoms with Gasteiger partial charge in [-0.3, -0.25) is 4.79 Å². The Hall–Kier alpha value is -2.49. The highest BCUT2D eigenvalue weighted by atomic mass is 16.5. The summed E-state index contributed by atoms with van der Waals surface area (Å²) >= 11 is 0. The maximum Gasteiger partial charge on any atom is 0.231 e. The number of para-hydroxylation sites is 1. The minimum Gasteiger partial charge on any atom is -0.496 e. The first-order valence-corrected chi connectivity index (χ1v) is 7.74. The summed E-state index contributed by atoms with van der Waals surface area (Å²) in [6.45, 7) is 2.70. The van der Waals surface area contributed by atoms with Crippen LogP contribution in [0.5, 0.6) is 11.5 Å². The van der Waals surface area contributed by atoms with Crippen molar-refractivity contribution in [3.8, 4) is 11.5 Å². The van der Waals surface area contributed by atoms with Crippen LogP contribution in [0.15, 0.2) is 36.4 Å². The van der Waals surface area contributed by atoms with Crippen molar-refractivity contribution in [1.29, 1.82) is 0 Å². The van der Waals surface area contributed by atoms with Gasteiger partial charge in [0.15, 0.2) is 0 Å². The van der Waals surface area contributed by atoms with Gasteiger partial charge < -0.3 is 14.4 Å². The second-order valence-electron chi connectivity index (χ2n) is 5.73. The van der Waals surface area contributed by atoms with Crippen molar-refractivity contribution >= 4 is 11.6 Å². The Morgan fingerprint density at radius 2 is 1.87 bits per heavy atom. The highest BCUT2D eigenvalue weighted by molar-refractivity contribution is 5.97. The molecular formula is C19H21NO3. The summed E-state index contributed by atoms with van der Waals surface area (Å²) in [5.41, 5.74) is 4.10. The quantitative estimate of drug-likeness (QED) is 0.870. The monoisotopic (exact) mass is 311 g/mol. The smallest absolute Gasteiger partial charge is 0.231 e. The van der Waals surface area contributed by atoms with Crippen molar-refractivity contribution in [2.75, 3.05) is 25.7 Å². The molecule has 4 heteroatoms. The molecular weight excluding hydrogens is 290 g/mol. The highest BCUT2D eigenvalue weighted by Crippen LogP contribution is 2.31. The van der Waals surface area contributed by atoms with E-state index in [1.807, 2.05) is 42.2 Å². The van der Waals surface area contributed by atoms with Crippen molar-refractivity contribution in [2.45, 2.75) is 19.8 Å². The number of anilines is 1. The molecule has 0 unspecified atom stereocenters. The molecule has 4 nitrogen and oxygen atoms in total. The molecule has 1 heterocycles. The van der Waals surface area contributed by atoms with E-state index in [0.717, 1.165) is 41.3 Å². The summed E-state index contributed by atoms with van der Waals surface area (Å²) in [5.74, 6) is 1.58. The zero-order chi connectivity index (χ0) is 16.4. The number of methoxy groups -OCH3 is 2. The molecule has 0 N–H and O–H groups in total. The van der Waals surface area contributed by atoms with E-state index in [9.17, 15) is 4.79 Å². The normalized spacial score (nSPS) is 12.9. The summed E-state index contributed by atoms with van der Waals surface area (Å²) in [5, 5.41) is 0. The van der Waals surface area contributed by atoms with E-state index in [2.05, 4.69) is 6.07 Å². The van der Waals surface area contributed by atoms with Gasteiger partial charge in [-0.15, -0.1) is 0 Å². The van der Waals surface area contributed by atoms with Crippen LogP contribution in [0.4, 0.5) is 5.69 Å². The number of aryl methyl sites for hydroxylation is 1. The number of rotatable bonds is 4. The average Bonchev–Trinajstić information content (AvgIpc) is 3.00. The first-order valence-electron chi connectivity index (χ1n) is 7.74. The number of carbonyl (C=O) groups is 1. The number of hydrogen-bond donors (Lipinski definition) is 0. The number of hydrogen-bond acceptors (Lipinski definition) is 3. The van der Waals surface area contributed by atoms with Gasteiger partial charge in [0.25, 0.3) is 0 Å². The summed E-state index contributed by atoms with van der Waals surface area (Å²) < 4.78 is 10.8. The fraction of sp³-hybridized carbons (Fsp3) is 0.316. The Labute approximate surface area is 136 Å². The van der Waals surface area contributed by atoms with E-state index in [0.29, 0.717) is 6.42 Å². The molecule has 0 radical (unpaired) electrons. The molecule has 0 aliphatic carbocycles. The number of carbonyl (C=O) groups excluding carboxylic acids is 1. The minimum atomic E-state index is 0.0826. The van der Waals surface area contributed by atoms with Crippen LogP contribution in [0.2, 0.25) is 0 Å². The molecule has 0 atom stereocenters. The molecule has 23 heavy (non-hydrogen) atoms. The first-order chi connectivity index (χ1) is 11.1. The SMILES string of the molecule is COc1cc(CC(=O)N2CCc3ccccc32)c(OC)cc1C. The topological polar surface area (TPSA) is 38.8 Å². The van der Waals surface area contributed by atoms with Crippen LogP contribution >= 0.6 is 0 Å². The molecule has 1 amide bonds. The van der Waals surface area contributed by atoms with Gasteiger partial charge >= 0.3 is 0 Å². The minimum absolute atomic E-state index is 0.0826. The Balaban J connectivity index is 1.86. The summed E-state index contributed by atoms with van der Waals surface area (Å²) in [6.07, 6.45) is 1.21. The van der Waals surface area contributed by atoms with E-state index in [1.54, 1.807) is 14.2 Å². The fourth-order valence-electron chi connectivity index (χ4n) is 3.11. The molecule has 0 aromatic heterocycles. The number of ether oxygens (including phenoxy) is 2. The fourth-order valence-corrected chi connectivity index (χ4v) is 3.11. The van der Waals surface area contributed by atoms with Crippen molar-refractivity contribution in [2.24, 2.45) is 0 Å². The molecule has 120 valence electrons. The molecule has 0 saturated carbocycles. The van der Waals surface area contributed by atoms with Gasteiger partial charge in [0.05, 0.1) is 20.6 Å². The van der Waals surface area contributed by atoms with Gasteiger partial charge in [-0.25, -0.2) is 0 Å². The molecule has 3 rings (SSSR count). The van der Waals surface area contributed by atoms with Crippen LogP contribution in [0.3, 0.4) is 0 Å². The molecule has 0 spiro atoms. The third-order valence-electron chi connectivity index (χ3n) is 4.33. The number of benzene rings is 2. The van der Waals surface area contributed by atoms with Crippen molar-refractivity contribution in [3.63, 3.8) is 0 Å². The van der Waals surface area contributed by atoms with Gasteiger partial charge in [0, 0.05) is 17.8 Å². The highest BCUT2D eigenvalue weighted by Gasteiger charge is 2.25. The van der Waals surface area contributed by atoms with E-state index in [-0.39, 0.29) is 5.91 Å². The summed E-state index contributed by atoms with van der Waals surface area (Å²) in [6, 6.07) is 11.9. The third-order valence-corrected chi connectivity index (χ3v) is 4.33. The molecule has 0 fully saturated rings. The third kappa shape index (κ3) is 2.89. The Kier molecular flexibility index (Phi) is 4.24. The van der Waals surface area contributed by atoms with Gasteiger partial charge in [-0.2, -0.15) is 0 Å². The van der Waals surface area contributed by atoms with Crippen LogP contribution in [0, 0.1) is 6.92 Å². The first kappa shape index (κ1) is 15.4. The van der Waals surface area contributed by atoms with Gasteiger partial charge in [0.1, 0.15) is 11.5 Å². The van der Waals surface area contributed by atoms with Crippen LogP contribution in [0.1, 0.15) is 16.7 Å². The number of nitrogens with zero attached hydrogens (tertiary/aromatic N) is 1. The summed E-state index contributed by atoms with van der Waals surface area (Å²) in [7, 11) is 3.26. The molecule has 0 bridgehead atoms. The largest absolute Gasteiger partial charge is 0.496 e. The van der Waals surface area contributed by atoms with Gasteiger partial charge in [-0.05, 0) is 42.7 Å². The number of fused-ring (bicyclic) bond motifs is 1. The molecule has 2 aromatic rings. The molecule has 2 aromatic carbocycles. The second-order valence-corrected chi connectivity index (χ2v) is 5.73. The predicted molar refractivity (Wildman–Crippen MR) is 90.5 cm³/mol. The Morgan fingerprint density at radius 3 is 2.61 bits per heavy atom. The van der Waals surface area contributed by atoms with Gasteiger partial charge in [-0.1, -0.05) is 18.2 Å². The second kappa shape index (κ2) is 6.32. The lowest BCUT2D eigenvalue weighted by Crippen LogP contribution is -2.30. The molecule has 0 saturated heterocycles. The lowest BCUT2D eigenvalue weighted by molar-refractivity contribution is -0.117. The van der Waals surface area contributed by atoms with Crippen LogP contribution in [-0.2, 0) is 17.6 Å². The average molecular weight is 311 g/mol. The van der Waals surface area contributed by atoms with Crippen molar-refractivity contribution in [3.05, 3.63) is 53.1 Å². The lowest BCUT2D eigenvalue weighted by atomic mass is 10.1. The number of amides is 1. The molecule has 1 aliphatic rings. The van der Waals surface area contributed by atoms with Crippen molar-refractivity contribution < 1.29 is 14.3 Å². The van der Waals surface area contributed by atoms with Gasteiger partial charge in [0.2, 0.25) is 5.91 Å². The Morgan fingerprint density at radius 1 is 1.13 bits per heavy atom. The van der Waals surface area contributed by atoms with Crippen LogP contribution < -0.4 is 14.4 Å². The summed E-state index contributed by atoms with van der Waals surface area (Å²) in [4.78, 5) is 14.6. The van der Waals surface area contributed by atoms with E-state index in [4.69, 9.17) is 9.47 Å². The standard InChI is InChI=1S/C19H21NO3/c1-13-10-18(23-3)15(11-17(13)22-2)12-19(21)20-9-8-14-6-4-5-7-16(14)20/h4-7,10-11H,8-9,12H2,1-3H3.